The summed E-state index contributed by atoms with van der Waals surface area (Å²) in [5, 5.41) is 0. The fourth-order valence-corrected chi connectivity index (χ4v) is 7.15. The van der Waals surface area contributed by atoms with Gasteiger partial charge in [0.1, 0.15) is 5.82 Å². The molecule has 1 aromatic rings. The van der Waals surface area contributed by atoms with Crippen molar-refractivity contribution in [1.29, 1.82) is 0 Å². The van der Waals surface area contributed by atoms with E-state index in [2.05, 4.69) is 13.0 Å². The Balaban J connectivity index is 1.25. The van der Waals surface area contributed by atoms with Gasteiger partial charge in [0.05, 0.1) is 0 Å². The van der Waals surface area contributed by atoms with Crippen LogP contribution in [0.2, 0.25) is 0 Å². The van der Waals surface area contributed by atoms with Gasteiger partial charge in [-0.05, 0) is 117 Å². The summed E-state index contributed by atoms with van der Waals surface area (Å²) in [5.41, 5.74) is 2.16. The van der Waals surface area contributed by atoms with Crippen LogP contribution in [0.1, 0.15) is 133 Å². The molecule has 0 N–H and O–H groups in total. The van der Waals surface area contributed by atoms with E-state index in [0.717, 1.165) is 28.9 Å². The van der Waals surface area contributed by atoms with Crippen LogP contribution in [0.15, 0.2) is 29.9 Å². The minimum absolute atomic E-state index is 0.0787. The quantitative estimate of drug-likeness (QED) is 0.355. The minimum Gasteiger partial charge on any atom is -0.207 e. The summed E-state index contributed by atoms with van der Waals surface area (Å²) in [4.78, 5) is 0. The van der Waals surface area contributed by atoms with E-state index in [1.165, 1.54) is 77.0 Å². The summed E-state index contributed by atoms with van der Waals surface area (Å²) in [5.74, 6) is 3.23. The predicted octanol–water partition coefficient (Wildman–Crippen LogP) is 10.3. The van der Waals surface area contributed by atoms with Gasteiger partial charge in [-0.25, -0.2) is 4.39 Å². The van der Waals surface area contributed by atoms with Crippen molar-refractivity contribution in [3.63, 3.8) is 0 Å². The summed E-state index contributed by atoms with van der Waals surface area (Å²) >= 11 is 0. The largest absolute Gasteiger partial charge is 0.269 e. The Kier molecular flexibility index (Phi) is 8.99. The Bertz CT molecular complexity index is 768. The van der Waals surface area contributed by atoms with Crippen LogP contribution in [0.4, 0.5) is 13.2 Å². The van der Waals surface area contributed by atoms with E-state index in [-0.39, 0.29) is 17.3 Å². The van der Waals surface area contributed by atoms with Gasteiger partial charge < -0.3 is 0 Å². The molecule has 0 spiro atoms. The summed E-state index contributed by atoms with van der Waals surface area (Å²) in [6, 6.07) is 5.86. The lowest BCUT2D eigenvalue weighted by molar-refractivity contribution is 0.155. The average Bonchev–Trinajstić information content (AvgIpc) is 2.85. The first-order valence-electron chi connectivity index (χ1n) is 13.9. The van der Waals surface area contributed by atoms with E-state index < -0.39 is 6.08 Å². The number of halogens is 3. The zero-order chi connectivity index (χ0) is 23.2. The highest BCUT2D eigenvalue weighted by molar-refractivity contribution is 5.31. The molecule has 3 heteroatoms. The molecule has 0 aromatic heterocycles. The molecule has 0 heterocycles. The highest BCUT2D eigenvalue weighted by Crippen LogP contribution is 2.45. The van der Waals surface area contributed by atoms with Crippen LogP contribution >= 0.6 is 0 Å². The van der Waals surface area contributed by atoms with Crippen molar-refractivity contribution in [2.45, 2.75) is 121 Å². The van der Waals surface area contributed by atoms with Gasteiger partial charge >= 0.3 is 0 Å². The molecule has 0 saturated heterocycles. The molecule has 3 aliphatic carbocycles. The molecule has 0 atom stereocenters. The van der Waals surface area contributed by atoms with Crippen LogP contribution in [-0.4, -0.2) is 0 Å². The molecule has 0 nitrogen and oxygen atoms in total. The van der Waals surface area contributed by atoms with Gasteiger partial charge in [0, 0.05) is 0 Å². The molecule has 0 aliphatic heterocycles. The average molecular weight is 461 g/mol. The van der Waals surface area contributed by atoms with Gasteiger partial charge in [0.25, 0.3) is 6.08 Å². The van der Waals surface area contributed by atoms with Crippen LogP contribution in [0, 0.1) is 23.6 Å². The van der Waals surface area contributed by atoms with Crippen LogP contribution in [0.3, 0.4) is 0 Å². The first-order chi connectivity index (χ1) is 16.0. The second kappa shape index (κ2) is 11.9. The molecular weight excluding hydrogens is 417 g/mol. The smallest absolute Gasteiger partial charge is 0.207 e. The van der Waals surface area contributed by atoms with E-state index in [0.29, 0.717) is 31.6 Å². The van der Waals surface area contributed by atoms with E-state index in [1.54, 1.807) is 6.07 Å². The van der Waals surface area contributed by atoms with Gasteiger partial charge in [-0.1, -0.05) is 57.6 Å². The molecule has 3 saturated carbocycles. The van der Waals surface area contributed by atoms with Crippen LogP contribution in [0.25, 0.3) is 0 Å². The zero-order valence-corrected chi connectivity index (χ0v) is 20.6. The fourth-order valence-electron chi connectivity index (χ4n) is 7.15. The van der Waals surface area contributed by atoms with E-state index >= 15 is 4.39 Å². The number of unbranched alkanes of at least 4 members (excludes halogenated alkanes) is 2. The van der Waals surface area contributed by atoms with Crippen LogP contribution < -0.4 is 0 Å². The standard InChI is InChI=1S/C30H43F3/c1-2-3-4-5-21-6-8-22(9-7-21)23-10-12-24(13-11-23)27-18-19-28(29(31)20-27)25-14-16-26(17-15-25)30(32)33/h18-25H,2-17H2,1H3. The Labute approximate surface area is 199 Å². The Morgan fingerprint density at radius 3 is 2.00 bits per heavy atom. The van der Waals surface area contributed by atoms with E-state index in [1.807, 2.05) is 6.07 Å². The van der Waals surface area contributed by atoms with Gasteiger partial charge in [-0.15, -0.1) is 0 Å². The first kappa shape index (κ1) is 24.9. The third kappa shape index (κ3) is 6.45. The van der Waals surface area contributed by atoms with Crippen molar-refractivity contribution >= 4 is 0 Å². The summed E-state index contributed by atoms with van der Waals surface area (Å²) < 4.78 is 40.6. The molecule has 0 radical (unpaired) electrons. The van der Waals surface area contributed by atoms with Crippen molar-refractivity contribution in [1.82, 2.24) is 0 Å². The molecule has 0 unspecified atom stereocenters. The van der Waals surface area contributed by atoms with Crippen molar-refractivity contribution in [2.75, 3.05) is 0 Å². The Hall–Kier alpha value is -1.25. The maximum absolute atomic E-state index is 15.0. The summed E-state index contributed by atoms with van der Waals surface area (Å²) in [6.45, 7) is 2.29. The minimum atomic E-state index is -1.53. The number of rotatable bonds is 7. The van der Waals surface area contributed by atoms with Crippen molar-refractivity contribution < 1.29 is 13.2 Å². The maximum atomic E-state index is 15.0. The van der Waals surface area contributed by atoms with Crippen molar-refractivity contribution in [3.8, 4) is 0 Å². The van der Waals surface area contributed by atoms with E-state index in [4.69, 9.17) is 0 Å². The molecule has 1 aromatic carbocycles. The molecule has 0 amide bonds. The van der Waals surface area contributed by atoms with Crippen molar-refractivity contribution in [2.24, 2.45) is 17.8 Å². The van der Waals surface area contributed by atoms with Gasteiger partial charge in [0.15, 0.2) is 0 Å². The molecule has 4 rings (SSSR count). The second-order valence-corrected chi connectivity index (χ2v) is 11.3. The maximum Gasteiger partial charge on any atom is 0.269 e. The lowest BCUT2D eigenvalue weighted by Gasteiger charge is -2.38. The molecule has 3 fully saturated rings. The lowest BCUT2D eigenvalue weighted by Crippen LogP contribution is -2.25. The van der Waals surface area contributed by atoms with Gasteiger partial charge in [-0.3, -0.25) is 0 Å². The molecule has 3 aliphatic rings. The predicted molar refractivity (Wildman–Crippen MR) is 131 cm³/mol. The number of hydrogen-bond acceptors (Lipinski definition) is 0. The zero-order valence-electron chi connectivity index (χ0n) is 20.6. The molecular formula is C30H43F3. The second-order valence-electron chi connectivity index (χ2n) is 11.3. The Morgan fingerprint density at radius 1 is 0.788 bits per heavy atom. The number of benzene rings is 1. The number of allylic oxidation sites excluding steroid dienone is 1. The van der Waals surface area contributed by atoms with Crippen molar-refractivity contribution in [3.05, 3.63) is 46.8 Å². The van der Waals surface area contributed by atoms with Gasteiger partial charge in [0.2, 0.25) is 0 Å². The first-order valence-corrected chi connectivity index (χ1v) is 13.9. The molecule has 33 heavy (non-hydrogen) atoms. The highest BCUT2D eigenvalue weighted by Gasteiger charge is 2.31. The summed E-state index contributed by atoms with van der Waals surface area (Å²) in [7, 11) is 0. The lowest BCUT2D eigenvalue weighted by atomic mass is 9.68. The Morgan fingerprint density at radius 2 is 1.42 bits per heavy atom. The van der Waals surface area contributed by atoms with Crippen LogP contribution in [0.5, 0.6) is 0 Å². The number of hydrogen-bond donors (Lipinski definition) is 0. The normalized spacial score (nSPS) is 30.9. The third-order valence-corrected chi connectivity index (χ3v) is 9.34. The summed E-state index contributed by atoms with van der Waals surface area (Å²) in [6.07, 6.45) is 16.8. The highest BCUT2D eigenvalue weighted by atomic mass is 19.3. The SMILES string of the molecule is CCCCCC1CCC(C2CCC(c3ccc(C4CCC(=C(F)F)CC4)c(F)c3)CC2)CC1. The monoisotopic (exact) mass is 460 g/mol. The fraction of sp³-hybridized carbons (Fsp3) is 0.733. The topological polar surface area (TPSA) is 0 Å². The van der Waals surface area contributed by atoms with Gasteiger partial charge in [-0.2, -0.15) is 8.78 Å². The third-order valence-electron chi connectivity index (χ3n) is 9.34. The van der Waals surface area contributed by atoms with Crippen LogP contribution in [-0.2, 0) is 0 Å². The molecule has 0 bridgehead atoms. The van der Waals surface area contributed by atoms with E-state index in [9.17, 15) is 8.78 Å². The molecule has 184 valence electrons.